The van der Waals surface area contributed by atoms with Gasteiger partial charge in [0, 0.05) is 0 Å². The summed E-state index contributed by atoms with van der Waals surface area (Å²) in [7, 11) is 1.67. The largest absolute Gasteiger partial charge is 0.497 e. The van der Waals surface area contributed by atoms with E-state index in [-0.39, 0.29) is 0 Å². The minimum absolute atomic E-state index is 0.557. The third kappa shape index (κ3) is 3.03. The second-order valence-corrected chi connectivity index (χ2v) is 5.53. The molecule has 0 aromatic heterocycles. The third-order valence-corrected chi connectivity index (χ3v) is 4.18. The van der Waals surface area contributed by atoms with Crippen LogP contribution < -0.4 is 9.47 Å². The molecule has 0 unspecified atom stereocenters. The van der Waals surface area contributed by atoms with Crippen molar-refractivity contribution in [2.45, 2.75) is 6.61 Å². The molecule has 0 saturated heterocycles. The minimum atomic E-state index is 0.557. The van der Waals surface area contributed by atoms with Gasteiger partial charge in [0.15, 0.2) is 0 Å². The Morgan fingerprint density at radius 2 is 1.76 bits per heavy atom. The summed E-state index contributed by atoms with van der Waals surface area (Å²) in [6.07, 6.45) is 0. The summed E-state index contributed by atoms with van der Waals surface area (Å²) in [6.45, 7) is 0.557. The number of hydrogen-bond donors (Lipinski definition) is 0. The number of halogens is 1. The Morgan fingerprint density at radius 1 is 0.952 bits per heavy atom. The average Bonchev–Trinajstić information content (AvgIpc) is 2.55. The van der Waals surface area contributed by atoms with Gasteiger partial charge in [-0.2, -0.15) is 0 Å². The molecule has 0 atom stereocenters. The van der Waals surface area contributed by atoms with Crippen LogP contribution in [0.15, 0.2) is 65.1 Å². The van der Waals surface area contributed by atoms with Crippen molar-refractivity contribution in [1.29, 1.82) is 0 Å². The van der Waals surface area contributed by atoms with E-state index in [0.717, 1.165) is 32.3 Å². The van der Waals surface area contributed by atoms with E-state index in [1.54, 1.807) is 7.11 Å². The molecule has 3 rings (SSSR count). The maximum atomic E-state index is 5.91. The molecule has 3 heteroatoms. The van der Waals surface area contributed by atoms with E-state index in [4.69, 9.17) is 9.47 Å². The molecule has 21 heavy (non-hydrogen) atoms. The van der Waals surface area contributed by atoms with Gasteiger partial charge < -0.3 is 9.47 Å². The van der Waals surface area contributed by atoms with Gasteiger partial charge in [0.2, 0.25) is 0 Å². The summed E-state index contributed by atoms with van der Waals surface area (Å²) in [5.41, 5.74) is 1.15. The summed E-state index contributed by atoms with van der Waals surface area (Å²) in [5, 5.41) is 2.23. The minimum Gasteiger partial charge on any atom is -0.497 e. The van der Waals surface area contributed by atoms with Gasteiger partial charge in [-0.25, -0.2) is 0 Å². The first-order chi connectivity index (χ1) is 10.3. The third-order valence-electron chi connectivity index (χ3n) is 3.36. The highest BCUT2D eigenvalue weighted by Gasteiger charge is 2.07. The quantitative estimate of drug-likeness (QED) is 0.649. The molecule has 0 spiro atoms. The Labute approximate surface area is 132 Å². The molecule has 0 aliphatic heterocycles. The summed E-state index contributed by atoms with van der Waals surface area (Å²) in [5.74, 6) is 1.70. The summed E-state index contributed by atoms with van der Waals surface area (Å²) < 4.78 is 12.1. The Kier molecular flexibility index (Phi) is 4.11. The van der Waals surface area contributed by atoms with Crippen LogP contribution in [0.25, 0.3) is 10.8 Å². The number of fused-ring (bicyclic) bond motifs is 1. The maximum Gasteiger partial charge on any atom is 0.134 e. The van der Waals surface area contributed by atoms with Crippen molar-refractivity contribution < 1.29 is 9.47 Å². The summed E-state index contributed by atoms with van der Waals surface area (Å²) in [4.78, 5) is 0. The van der Waals surface area contributed by atoms with Crippen LogP contribution in [0.5, 0.6) is 11.5 Å². The molecule has 0 bridgehead atoms. The molecule has 3 aromatic rings. The smallest absolute Gasteiger partial charge is 0.134 e. The number of ether oxygens (including phenoxy) is 2. The molecule has 0 radical (unpaired) electrons. The highest BCUT2D eigenvalue weighted by atomic mass is 79.9. The van der Waals surface area contributed by atoms with Crippen molar-refractivity contribution >= 4 is 26.7 Å². The van der Waals surface area contributed by atoms with Gasteiger partial charge in [0.25, 0.3) is 0 Å². The predicted octanol–water partition coefficient (Wildman–Crippen LogP) is 5.19. The zero-order valence-corrected chi connectivity index (χ0v) is 13.3. The van der Waals surface area contributed by atoms with E-state index in [9.17, 15) is 0 Å². The highest BCUT2D eigenvalue weighted by molar-refractivity contribution is 9.10. The molecule has 0 fully saturated rings. The standard InChI is InChI=1S/C18H15BrO2/c1-20-15-8-9-16-14(11-15)7-10-17(18(16)19)21-12-13-5-3-2-4-6-13/h2-11H,12H2,1H3. The Morgan fingerprint density at radius 3 is 2.52 bits per heavy atom. The van der Waals surface area contributed by atoms with Crippen molar-refractivity contribution in [2.75, 3.05) is 7.11 Å². The molecule has 0 N–H and O–H groups in total. The Balaban J connectivity index is 1.88. The molecule has 0 saturated carbocycles. The van der Waals surface area contributed by atoms with Crippen molar-refractivity contribution in [3.63, 3.8) is 0 Å². The highest BCUT2D eigenvalue weighted by Crippen LogP contribution is 2.35. The van der Waals surface area contributed by atoms with Crippen LogP contribution in [0.2, 0.25) is 0 Å². The first-order valence-electron chi connectivity index (χ1n) is 6.71. The number of benzene rings is 3. The SMILES string of the molecule is COc1ccc2c(Br)c(OCc3ccccc3)ccc2c1. The lowest BCUT2D eigenvalue weighted by atomic mass is 10.1. The van der Waals surface area contributed by atoms with E-state index >= 15 is 0 Å². The van der Waals surface area contributed by atoms with Crippen LogP contribution in [0.1, 0.15) is 5.56 Å². The van der Waals surface area contributed by atoms with Gasteiger partial charge in [0.05, 0.1) is 11.6 Å². The lowest BCUT2D eigenvalue weighted by molar-refractivity contribution is 0.305. The second kappa shape index (κ2) is 6.19. The van der Waals surface area contributed by atoms with Gasteiger partial charge in [-0.3, -0.25) is 0 Å². The molecular weight excluding hydrogens is 328 g/mol. The maximum absolute atomic E-state index is 5.91. The summed E-state index contributed by atoms with van der Waals surface area (Å²) in [6, 6.07) is 20.2. The van der Waals surface area contributed by atoms with E-state index in [0.29, 0.717) is 6.61 Å². The van der Waals surface area contributed by atoms with Gasteiger partial charge in [0.1, 0.15) is 18.1 Å². The fourth-order valence-corrected chi connectivity index (χ4v) is 2.83. The molecule has 0 heterocycles. The first-order valence-corrected chi connectivity index (χ1v) is 7.50. The van der Waals surface area contributed by atoms with E-state index in [1.165, 1.54) is 0 Å². The van der Waals surface area contributed by atoms with Crippen LogP contribution in [0.3, 0.4) is 0 Å². The van der Waals surface area contributed by atoms with Crippen LogP contribution >= 0.6 is 15.9 Å². The molecule has 0 aliphatic rings. The van der Waals surface area contributed by atoms with Gasteiger partial charge >= 0.3 is 0 Å². The summed E-state index contributed by atoms with van der Waals surface area (Å²) >= 11 is 3.64. The van der Waals surface area contributed by atoms with E-state index in [1.807, 2.05) is 48.5 Å². The number of methoxy groups -OCH3 is 1. The van der Waals surface area contributed by atoms with Gasteiger partial charge in [-0.05, 0) is 56.5 Å². The van der Waals surface area contributed by atoms with Crippen molar-refractivity contribution in [2.24, 2.45) is 0 Å². The first kappa shape index (κ1) is 14.0. The Bertz CT molecular complexity index is 754. The monoisotopic (exact) mass is 342 g/mol. The normalized spacial score (nSPS) is 10.6. The molecule has 3 aromatic carbocycles. The zero-order chi connectivity index (χ0) is 14.7. The van der Waals surface area contributed by atoms with E-state index in [2.05, 4.69) is 28.1 Å². The Hall–Kier alpha value is -2.00. The van der Waals surface area contributed by atoms with Crippen molar-refractivity contribution in [3.8, 4) is 11.5 Å². The van der Waals surface area contributed by atoms with Crippen LogP contribution in [0.4, 0.5) is 0 Å². The molecule has 2 nitrogen and oxygen atoms in total. The fourth-order valence-electron chi connectivity index (χ4n) is 2.22. The van der Waals surface area contributed by atoms with Gasteiger partial charge in [-0.15, -0.1) is 0 Å². The lowest BCUT2D eigenvalue weighted by Crippen LogP contribution is -1.96. The van der Waals surface area contributed by atoms with Crippen LogP contribution in [-0.2, 0) is 6.61 Å². The zero-order valence-electron chi connectivity index (χ0n) is 11.7. The second-order valence-electron chi connectivity index (χ2n) is 4.74. The van der Waals surface area contributed by atoms with Crippen molar-refractivity contribution in [3.05, 3.63) is 70.7 Å². The molecular formula is C18H15BrO2. The molecule has 0 amide bonds. The van der Waals surface area contributed by atoms with Crippen LogP contribution in [-0.4, -0.2) is 7.11 Å². The average molecular weight is 343 g/mol. The van der Waals surface area contributed by atoms with Gasteiger partial charge in [-0.1, -0.05) is 36.4 Å². The van der Waals surface area contributed by atoms with Crippen LogP contribution in [0, 0.1) is 0 Å². The number of hydrogen-bond acceptors (Lipinski definition) is 2. The number of rotatable bonds is 4. The molecule has 106 valence electrons. The lowest BCUT2D eigenvalue weighted by Gasteiger charge is -2.11. The van der Waals surface area contributed by atoms with E-state index < -0.39 is 0 Å². The molecule has 0 aliphatic carbocycles. The van der Waals surface area contributed by atoms with Crippen molar-refractivity contribution in [1.82, 2.24) is 0 Å². The fraction of sp³-hybridized carbons (Fsp3) is 0.111. The predicted molar refractivity (Wildman–Crippen MR) is 89.0 cm³/mol. The topological polar surface area (TPSA) is 18.5 Å².